The molecule has 100 valence electrons. The first-order valence-corrected chi connectivity index (χ1v) is 9.38. The van der Waals surface area contributed by atoms with Gasteiger partial charge in [0.25, 0.3) is 14.0 Å². The van der Waals surface area contributed by atoms with E-state index in [1.807, 2.05) is 0 Å². The molecule has 0 aliphatic carbocycles. The Hall–Kier alpha value is -0.883. The van der Waals surface area contributed by atoms with Crippen molar-refractivity contribution in [2.75, 3.05) is 0 Å². The molecule has 0 atom stereocenters. The number of non-ortho nitro benzene ring substituents is 1. The van der Waals surface area contributed by atoms with Gasteiger partial charge in [-0.2, -0.15) is 0 Å². The molecule has 0 heterocycles. The third-order valence-electron chi connectivity index (χ3n) is 3.30. The van der Waals surface area contributed by atoms with E-state index in [1.54, 1.807) is 6.07 Å². The number of nitro groups is 1. The third-order valence-corrected chi connectivity index (χ3v) is 8.29. The highest BCUT2D eigenvalue weighted by molar-refractivity contribution is 9.10. The molecule has 0 unspecified atom stereocenters. The van der Waals surface area contributed by atoms with Gasteiger partial charge >= 0.3 is 0 Å². The first-order valence-electron chi connectivity index (χ1n) is 5.67. The van der Waals surface area contributed by atoms with Gasteiger partial charge in [0.2, 0.25) is 0 Å². The minimum absolute atomic E-state index is 0.0481. The summed E-state index contributed by atoms with van der Waals surface area (Å²) in [6.45, 7) is 10.6. The van der Waals surface area contributed by atoms with Crippen LogP contribution in [-0.4, -0.2) is 13.2 Å². The Morgan fingerprint density at radius 2 is 1.89 bits per heavy atom. The van der Waals surface area contributed by atoms with Gasteiger partial charge in [-0.25, -0.2) is 0 Å². The summed E-state index contributed by atoms with van der Waals surface area (Å²) in [5.74, 6) is 0.552. The van der Waals surface area contributed by atoms with Crippen molar-refractivity contribution < 1.29 is 9.35 Å². The maximum atomic E-state index is 10.8. The molecule has 1 aromatic carbocycles. The molecular formula is C12H18BrNO3Si. The number of hydrogen-bond donors (Lipinski definition) is 0. The van der Waals surface area contributed by atoms with Crippen molar-refractivity contribution in [3.63, 3.8) is 0 Å². The van der Waals surface area contributed by atoms with Crippen molar-refractivity contribution in [1.82, 2.24) is 0 Å². The van der Waals surface area contributed by atoms with Gasteiger partial charge in [-0.05, 0) is 40.1 Å². The van der Waals surface area contributed by atoms with Gasteiger partial charge in [0.05, 0.1) is 15.5 Å². The smallest absolute Gasteiger partial charge is 0.273 e. The van der Waals surface area contributed by atoms with E-state index in [0.717, 1.165) is 4.47 Å². The van der Waals surface area contributed by atoms with E-state index in [4.69, 9.17) is 4.43 Å². The zero-order valence-corrected chi connectivity index (χ0v) is 13.9. The average molecular weight is 332 g/mol. The molecule has 0 saturated carbocycles. The molecular weight excluding hydrogens is 314 g/mol. The highest BCUT2D eigenvalue weighted by Gasteiger charge is 2.39. The van der Waals surface area contributed by atoms with E-state index in [9.17, 15) is 10.1 Å². The predicted molar refractivity (Wildman–Crippen MR) is 78.6 cm³/mol. The van der Waals surface area contributed by atoms with Crippen LogP contribution in [0.5, 0.6) is 5.75 Å². The fourth-order valence-electron chi connectivity index (χ4n) is 1.11. The lowest BCUT2D eigenvalue weighted by Crippen LogP contribution is -2.43. The van der Waals surface area contributed by atoms with Crippen LogP contribution in [0.1, 0.15) is 20.8 Å². The van der Waals surface area contributed by atoms with Crippen LogP contribution < -0.4 is 4.43 Å². The van der Waals surface area contributed by atoms with Crippen LogP contribution in [0.25, 0.3) is 0 Å². The first-order chi connectivity index (χ1) is 8.04. The van der Waals surface area contributed by atoms with Crippen molar-refractivity contribution >= 4 is 29.9 Å². The minimum atomic E-state index is -1.99. The highest BCUT2D eigenvalue weighted by atomic mass is 79.9. The van der Waals surface area contributed by atoms with Gasteiger partial charge in [0.1, 0.15) is 5.75 Å². The number of hydrogen-bond acceptors (Lipinski definition) is 3. The summed E-state index contributed by atoms with van der Waals surface area (Å²) in [5.41, 5.74) is 0.0481. The van der Waals surface area contributed by atoms with E-state index < -0.39 is 13.2 Å². The molecule has 6 heteroatoms. The van der Waals surface area contributed by atoms with Gasteiger partial charge in [-0.15, -0.1) is 0 Å². The van der Waals surface area contributed by atoms with Crippen molar-refractivity contribution in [2.45, 2.75) is 38.9 Å². The Balaban J connectivity index is 3.11. The van der Waals surface area contributed by atoms with E-state index >= 15 is 0 Å². The summed E-state index contributed by atoms with van der Waals surface area (Å²) >= 11 is 3.37. The molecule has 1 rings (SSSR count). The summed E-state index contributed by atoms with van der Waals surface area (Å²) in [5, 5.41) is 10.8. The Bertz CT molecular complexity index is 469. The Morgan fingerprint density at radius 3 is 2.33 bits per heavy atom. The lowest BCUT2D eigenvalue weighted by Gasteiger charge is -2.36. The minimum Gasteiger partial charge on any atom is -0.543 e. The van der Waals surface area contributed by atoms with Gasteiger partial charge in [0, 0.05) is 6.07 Å². The lowest BCUT2D eigenvalue weighted by molar-refractivity contribution is -0.384. The topological polar surface area (TPSA) is 52.4 Å². The number of benzene rings is 1. The van der Waals surface area contributed by atoms with Crippen LogP contribution in [0.2, 0.25) is 18.1 Å². The predicted octanol–water partition coefficient (Wildman–Crippen LogP) is 4.74. The third kappa shape index (κ3) is 3.32. The van der Waals surface area contributed by atoms with Crippen LogP contribution in [0.3, 0.4) is 0 Å². The molecule has 1 aromatic rings. The normalized spacial score (nSPS) is 12.3. The largest absolute Gasteiger partial charge is 0.543 e. The molecule has 4 nitrogen and oxygen atoms in total. The quantitative estimate of drug-likeness (QED) is 0.456. The Kier molecular flexibility index (Phi) is 4.22. The number of rotatable bonds is 3. The van der Waals surface area contributed by atoms with Crippen molar-refractivity contribution in [1.29, 1.82) is 0 Å². The average Bonchev–Trinajstić information content (AvgIpc) is 2.18. The van der Waals surface area contributed by atoms with E-state index in [1.165, 1.54) is 12.1 Å². The molecule has 18 heavy (non-hydrogen) atoms. The second-order valence-electron chi connectivity index (χ2n) is 5.73. The first kappa shape index (κ1) is 15.2. The molecule has 0 aromatic heterocycles. The van der Waals surface area contributed by atoms with Gasteiger partial charge < -0.3 is 4.43 Å². The summed E-state index contributed by atoms with van der Waals surface area (Å²) in [6.07, 6.45) is 0. The van der Waals surface area contributed by atoms with Gasteiger partial charge in [-0.3, -0.25) is 10.1 Å². The Labute approximate surface area is 117 Å². The van der Waals surface area contributed by atoms with Gasteiger partial charge in [-0.1, -0.05) is 20.8 Å². The van der Waals surface area contributed by atoms with E-state index in [2.05, 4.69) is 49.8 Å². The number of nitro benzene ring substituents is 1. The SMILES string of the molecule is CC(C)(C)[Si](C)(C)Oc1cc([N+](=O)[O-])ccc1Br. The summed E-state index contributed by atoms with van der Waals surface area (Å²) in [6, 6.07) is 4.59. The molecule has 0 amide bonds. The van der Waals surface area contributed by atoms with E-state index in [-0.39, 0.29) is 10.7 Å². The van der Waals surface area contributed by atoms with Crippen molar-refractivity contribution in [3.05, 3.63) is 32.8 Å². The molecule has 0 saturated heterocycles. The van der Waals surface area contributed by atoms with Crippen LogP contribution in [0, 0.1) is 10.1 Å². The number of halogens is 1. The maximum Gasteiger partial charge on any atom is 0.273 e. The second-order valence-corrected chi connectivity index (χ2v) is 11.3. The molecule has 0 bridgehead atoms. The summed E-state index contributed by atoms with van der Waals surface area (Å²) < 4.78 is 6.82. The molecule has 0 aliphatic rings. The summed E-state index contributed by atoms with van der Waals surface area (Å²) in [4.78, 5) is 10.4. The van der Waals surface area contributed by atoms with Gasteiger partial charge in [0.15, 0.2) is 0 Å². The second kappa shape index (κ2) is 5.01. The summed E-state index contributed by atoms with van der Waals surface area (Å²) in [7, 11) is -1.99. The molecule has 0 spiro atoms. The maximum absolute atomic E-state index is 10.8. The zero-order chi connectivity index (χ0) is 14.1. The lowest BCUT2D eigenvalue weighted by atomic mass is 10.2. The van der Waals surface area contributed by atoms with Crippen molar-refractivity contribution in [3.8, 4) is 5.75 Å². The van der Waals surface area contributed by atoms with E-state index in [0.29, 0.717) is 5.75 Å². The molecule has 0 fully saturated rings. The molecule has 0 aliphatic heterocycles. The van der Waals surface area contributed by atoms with Crippen molar-refractivity contribution in [2.24, 2.45) is 0 Å². The molecule has 0 radical (unpaired) electrons. The van der Waals surface area contributed by atoms with Crippen LogP contribution in [0.15, 0.2) is 22.7 Å². The molecule has 0 N–H and O–H groups in total. The highest BCUT2D eigenvalue weighted by Crippen LogP contribution is 2.40. The van der Waals surface area contributed by atoms with Crippen LogP contribution in [-0.2, 0) is 0 Å². The fraction of sp³-hybridized carbons (Fsp3) is 0.500. The fourth-order valence-corrected chi connectivity index (χ4v) is 2.61. The monoisotopic (exact) mass is 331 g/mol. The zero-order valence-electron chi connectivity index (χ0n) is 11.3. The number of nitrogens with zero attached hydrogens (tertiary/aromatic N) is 1. The standard InChI is InChI=1S/C12H18BrNO3Si/c1-12(2,3)18(4,5)17-11-8-9(14(15)16)6-7-10(11)13/h6-8H,1-5H3. The Morgan fingerprint density at radius 1 is 1.33 bits per heavy atom. The van der Waals surface area contributed by atoms with Crippen LogP contribution in [0.4, 0.5) is 5.69 Å². The van der Waals surface area contributed by atoms with Crippen LogP contribution >= 0.6 is 15.9 Å².